The Hall–Kier alpha value is -2.26. The summed E-state index contributed by atoms with van der Waals surface area (Å²) in [6, 6.07) is 11.1. The van der Waals surface area contributed by atoms with E-state index in [1.807, 2.05) is 32.0 Å². The Morgan fingerprint density at radius 1 is 1.19 bits per heavy atom. The molecule has 0 spiro atoms. The van der Waals surface area contributed by atoms with Gasteiger partial charge in [-0.05, 0) is 49.2 Å². The number of halogens is 1. The van der Waals surface area contributed by atoms with Crippen molar-refractivity contribution in [1.82, 2.24) is 0 Å². The zero-order valence-corrected chi connectivity index (χ0v) is 12.7. The Balaban J connectivity index is 2.07. The maximum atomic E-state index is 11.9. The molecule has 0 atom stereocenters. The normalized spacial score (nSPS) is 10.8. The van der Waals surface area contributed by atoms with Gasteiger partial charge in [0, 0.05) is 11.8 Å². The van der Waals surface area contributed by atoms with Crippen molar-refractivity contribution in [3.8, 4) is 0 Å². The summed E-state index contributed by atoms with van der Waals surface area (Å²) in [6.07, 6.45) is 3.17. The lowest BCUT2D eigenvalue weighted by molar-refractivity contribution is -0.111. The summed E-state index contributed by atoms with van der Waals surface area (Å²) in [5, 5.41) is 3.36. The number of amides is 1. The second kappa shape index (κ2) is 6.46. The van der Waals surface area contributed by atoms with Crippen LogP contribution in [0.2, 0.25) is 5.02 Å². The second-order valence-corrected chi connectivity index (χ2v) is 5.33. The first kappa shape index (κ1) is 15.1. The highest BCUT2D eigenvalue weighted by molar-refractivity contribution is 6.33. The van der Waals surface area contributed by atoms with E-state index in [4.69, 9.17) is 17.3 Å². The maximum Gasteiger partial charge on any atom is 0.248 e. The van der Waals surface area contributed by atoms with Gasteiger partial charge in [-0.1, -0.05) is 35.4 Å². The monoisotopic (exact) mass is 300 g/mol. The number of carbonyl (C=O) groups is 1. The van der Waals surface area contributed by atoms with E-state index in [1.165, 1.54) is 6.08 Å². The molecule has 2 aromatic rings. The van der Waals surface area contributed by atoms with E-state index < -0.39 is 0 Å². The smallest absolute Gasteiger partial charge is 0.248 e. The number of hydrogen-bond donors (Lipinski definition) is 2. The molecule has 3 N–H and O–H groups in total. The lowest BCUT2D eigenvalue weighted by Crippen LogP contribution is -2.08. The first-order valence-corrected chi connectivity index (χ1v) is 6.95. The van der Waals surface area contributed by atoms with Gasteiger partial charge in [0.1, 0.15) is 0 Å². The van der Waals surface area contributed by atoms with E-state index in [0.717, 1.165) is 22.4 Å². The molecule has 0 aliphatic carbocycles. The van der Waals surface area contributed by atoms with E-state index in [9.17, 15) is 4.79 Å². The number of rotatable bonds is 3. The van der Waals surface area contributed by atoms with Crippen LogP contribution in [0.1, 0.15) is 16.7 Å². The molecule has 0 saturated heterocycles. The van der Waals surface area contributed by atoms with Crippen LogP contribution in [0.15, 0.2) is 42.5 Å². The average Bonchev–Trinajstić information content (AvgIpc) is 2.43. The Morgan fingerprint density at radius 2 is 1.95 bits per heavy atom. The lowest BCUT2D eigenvalue weighted by Gasteiger charge is -2.07. The first-order valence-electron chi connectivity index (χ1n) is 6.57. The van der Waals surface area contributed by atoms with E-state index in [1.54, 1.807) is 24.3 Å². The van der Waals surface area contributed by atoms with Crippen LogP contribution in [-0.4, -0.2) is 5.91 Å². The molecule has 0 saturated carbocycles. The van der Waals surface area contributed by atoms with Crippen molar-refractivity contribution < 1.29 is 4.79 Å². The topological polar surface area (TPSA) is 55.1 Å². The number of nitrogens with one attached hydrogen (secondary N) is 1. The number of aryl methyl sites for hydroxylation is 2. The van der Waals surface area contributed by atoms with Gasteiger partial charge in [0.2, 0.25) is 5.91 Å². The van der Waals surface area contributed by atoms with Crippen molar-refractivity contribution in [2.45, 2.75) is 13.8 Å². The van der Waals surface area contributed by atoms with Crippen LogP contribution in [0.3, 0.4) is 0 Å². The number of hydrogen-bond acceptors (Lipinski definition) is 2. The van der Waals surface area contributed by atoms with Gasteiger partial charge in [-0.3, -0.25) is 4.79 Å². The summed E-state index contributed by atoms with van der Waals surface area (Å²) in [4.78, 5) is 11.9. The van der Waals surface area contributed by atoms with Crippen LogP contribution in [0.25, 0.3) is 6.08 Å². The van der Waals surface area contributed by atoms with Crippen molar-refractivity contribution >= 4 is 35.0 Å². The van der Waals surface area contributed by atoms with Crippen molar-refractivity contribution in [2.24, 2.45) is 0 Å². The maximum absolute atomic E-state index is 11.9. The van der Waals surface area contributed by atoms with Gasteiger partial charge in [-0.2, -0.15) is 0 Å². The molecule has 2 rings (SSSR count). The summed E-state index contributed by atoms with van der Waals surface area (Å²) >= 11 is 5.85. The Labute approximate surface area is 129 Å². The highest BCUT2D eigenvalue weighted by Crippen LogP contribution is 2.20. The fraction of sp³-hybridized carbons (Fsp3) is 0.118. The van der Waals surface area contributed by atoms with E-state index >= 15 is 0 Å². The molecule has 2 aromatic carbocycles. The second-order valence-electron chi connectivity index (χ2n) is 4.92. The molecule has 1 amide bonds. The minimum Gasteiger partial charge on any atom is -0.398 e. The number of anilines is 2. The number of nitrogen functional groups attached to an aromatic ring is 1. The van der Waals surface area contributed by atoms with Gasteiger partial charge in [0.25, 0.3) is 0 Å². The first-order chi connectivity index (χ1) is 9.95. The van der Waals surface area contributed by atoms with Crippen LogP contribution in [0.5, 0.6) is 0 Å². The zero-order chi connectivity index (χ0) is 15.4. The summed E-state index contributed by atoms with van der Waals surface area (Å²) < 4.78 is 0. The molecule has 108 valence electrons. The third-order valence-electron chi connectivity index (χ3n) is 3.09. The number of carbonyl (C=O) groups excluding carboxylic acids is 1. The fourth-order valence-corrected chi connectivity index (χ4v) is 2.08. The van der Waals surface area contributed by atoms with Gasteiger partial charge in [-0.25, -0.2) is 0 Å². The average molecular weight is 301 g/mol. The van der Waals surface area contributed by atoms with Crippen molar-refractivity contribution in [2.75, 3.05) is 11.1 Å². The van der Waals surface area contributed by atoms with Crippen LogP contribution in [-0.2, 0) is 4.79 Å². The molecular weight excluding hydrogens is 284 g/mol. The third kappa shape index (κ3) is 4.10. The van der Waals surface area contributed by atoms with Crippen molar-refractivity contribution in [1.29, 1.82) is 0 Å². The minimum absolute atomic E-state index is 0.185. The fourth-order valence-electron chi connectivity index (χ4n) is 1.97. The Bertz CT molecular complexity index is 708. The van der Waals surface area contributed by atoms with Gasteiger partial charge < -0.3 is 11.1 Å². The molecule has 0 unspecified atom stereocenters. The summed E-state index contributed by atoms with van der Waals surface area (Å²) in [5.74, 6) is -0.185. The molecule has 4 heteroatoms. The molecule has 0 bridgehead atoms. The number of nitrogens with two attached hydrogens (primary N) is 1. The predicted octanol–water partition coefficient (Wildman–Crippen LogP) is 4.19. The van der Waals surface area contributed by atoms with Crippen LogP contribution < -0.4 is 11.1 Å². The summed E-state index contributed by atoms with van der Waals surface area (Å²) in [6.45, 7) is 3.98. The standard InChI is InChI=1S/C17H17ClN2O/c1-11-3-7-16(12(2)9-11)20-17(21)8-5-13-4-6-14(18)15(19)10-13/h3-10H,19H2,1-2H3,(H,20,21)/b8-5+. The Morgan fingerprint density at radius 3 is 2.62 bits per heavy atom. The van der Waals surface area contributed by atoms with E-state index in [0.29, 0.717) is 10.7 Å². The Kier molecular flexibility index (Phi) is 4.66. The van der Waals surface area contributed by atoms with E-state index in [2.05, 4.69) is 5.32 Å². The summed E-state index contributed by atoms with van der Waals surface area (Å²) in [5.41, 5.74) is 10.0. The zero-order valence-electron chi connectivity index (χ0n) is 12.0. The largest absolute Gasteiger partial charge is 0.398 e. The molecule has 0 heterocycles. The highest BCUT2D eigenvalue weighted by atomic mass is 35.5. The SMILES string of the molecule is Cc1ccc(NC(=O)/C=C/c2ccc(Cl)c(N)c2)c(C)c1. The highest BCUT2D eigenvalue weighted by Gasteiger charge is 2.02. The van der Waals surface area contributed by atoms with Gasteiger partial charge >= 0.3 is 0 Å². The molecule has 21 heavy (non-hydrogen) atoms. The molecule has 0 aliphatic heterocycles. The number of benzene rings is 2. The molecule has 0 aliphatic rings. The van der Waals surface area contributed by atoms with Gasteiger partial charge in [0.15, 0.2) is 0 Å². The van der Waals surface area contributed by atoms with Crippen LogP contribution >= 0.6 is 11.6 Å². The molecule has 0 fully saturated rings. The van der Waals surface area contributed by atoms with Crippen LogP contribution in [0, 0.1) is 13.8 Å². The molecule has 0 aromatic heterocycles. The van der Waals surface area contributed by atoms with Crippen LogP contribution in [0.4, 0.5) is 11.4 Å². The minimum atomic E-state index is -0.185. The van der Waals surface area contributed by atoms with E-state index in [-0.39, 0.29) is 5.91 Å². The molecular formula is C17H17ClN2O. The quantitative estimate of drug-likeness (QED) is 0.659. The van der Waals surface area contributed by atoms with Crippen molar-refractivity contribution in [3.63, 3.8) is 0 Å². The van der Waals surface area contributed by atoms with Crippen molar-refractivity contribution in [3.05, 3.63) is 64.2 Å². The van der Waals surface area contributed by atoms with Gasteiger partial charge in [-0.15, -0.1) is 0 Å². The molecule has 0 radical (unpaired) electrons. The predicted molar refractivity (Wildman–Crippen MR) is 89.4 cm³/mol. The molecule has 3 nitrogen and oxygen atoms in total. The lowest BCUT2D eigenvalue weighted by atomic mass is 10.1. The van der Waals surface area contributed by atoms with Gasteiger partial charge in [0.05, 0.1) is 10.7 Å². The summed E-state index contributed by atoms with van der Waals surface area (Å²) in [7, 11) is 0. The third-order valence-corrected chi connectivity index (χ3v) is 3.43.